The van der Waals surface area contributed by atoms with E-state index in [0.29, 0.717) is 34.0 Å². The van der Waals surface area contributed by atoms with E-state index in [0.717, 1.165) is 5.75 Å². The summed E-state index contributed by atoms with van der Waals surface area (Å²) in [5.41, 5.74) is 1.86. The number of nitrogens with one attached hydrogen (secondary N) is 1. The van der Waals surface area contributed by atoms with Crippen LogP contribution in [0.25, 0.3) is 0 Å². The third kappa shape index (κ3) is 6.45. The van der Waals surface area contributed by atoms with Crippen LogP contribution in [0.3, 0.4) is 0 Å². The van der Waals surface area contributed by atoms with Crippen LogP contribution < -0.4 is 14.8 Å². The van der Waals surface area contributed by atoms with Crippen LogP contribution in [0, 0.1) is 0 Å². The van der Waals surface area contributed by atoms with E-state index in [9.17, 15) is 4.79 Å². The number of benzene rings is 2. The number of rotatable bonds is 9. The highest BCUT2D eigenvalue weighted by molar-refractivity contribution is 7.99. The van der Waals surface area contributed by atoms with E-state index >= 15 is 0 Å². The van der Waals surface area contributed by atoms with E-state index in [1.165, 1.54) is 17.3 Å². The summed E-state index contributed by atoms with van der Waals surface area (Å²) >= 11 is 7.36. The molecule has 0 aliphatic heterocycles. The van der Waals surface area contributed by atoms with Crippen molar-refractivity contribution in [3.8, 4) is 11.5 Å². The van der Waals surface area contributed by atoms with Gasteiger partial charge in [0.25, 0.3) is 0 Å². The van der Waals surface area contributed by atoms with Gasteiger partial charge in [-0.05, 0) is 55.2 Å². The quantitative estimate of drug-likeness (QED) is 0.355. The molecule has 182 valence electrons. The first-order chi connectivity index (χ1) is 16.1. The molecule has 34 heavy (non-hydrogen) atoms. The average molecular weight is 503 g/mol. The Balaban J connectivity index is 1.64. The molecule has 0 saturated carbocycles. The zero-order valence-electron chi connectivity index (χ0n) is 20.4. The minimum Gasteiger partial charge on any atom is -0.495 e. The van der Waals surface area contributed by atoms with Gasteiger partial charge in [0.1, 0.15) is 11.5 Å². The van der Waals surface area contributed by atoms with Gasteiger partial charge in [-0.3, -0.25) is 4.79 Å². The van der Waals surface area contributed by atoms with Crippen LogP contribution in [0.1, 0.15) is 52.1 Å². The molecule has 0 saturated heterocycles. The third-order valence-electron chi connectivity index (χ3n) is 5.23. The first-order valence-electron chi connectivity index (χ1n) is 11.1. The lowest BCUT2D eigenvalue weighted by Gasteiger charge is -2.20. The van der Waals surface area contributed by atoms with Crippen molar-refractivity contribution >= 4 is 35.0 Å². The van der Waals surface area contributed by atoms with Crippen molar-refractivity contribution in [1.82, 2.24) is 14.8 Å². The zero-order valence-corrected chi connectivity index (χ0v) is 22.0. The number of carbonyl (C=O) groups excluding carboxylic acids is 1. The molecule has 1 N–H and O–H groups in total. The summed E-state index contributed by atoms with van der Waals surface area (Å²) in [6, 6.07) is 13.2. The van der Waals surface area contributed by atoms with Crippen molar-refractivity contribution in [1.29, 1.82) is 0 Å². The second-order valence-corrected chi connectivity index (χ2v) is 10.2. The van der Waals surface area contributed by atoms with E-state index < -0.39 is 0 Å². The van der Waals surface area contributed by atoms with Gasteiger partial charge in [-0.2, -0.15) is 0 Å². The standard InChI is InChI=1S/C25H31ClN4O3S/c1-7-30-23(16(2)33-19-11-8-17(9-12-19)25(3,4)5)28-29-24(30)34-15-22(31)27-20-14-18(26)10-13-21(20)32-6/h8-14,16H,7,15H2,1-6H3,(H,27,31). The minimum absolute atomic E-state index is 0.0862. The summed E-state index contributed by atoms with van der Waals surface area (Å²) in [5.74, 6) is 2.00. The van der Waals surface area contributed by atoms with Crippen molar-refractivity contribution in [2.75, 3.05) is 18.2 Å². The molecule has 3 aromatic rings. The van der Waals surface area contributed by atoms with E-state index in [1.807, 2.05) is 30.5 Å². The van der Waals surface area contributed by atoms with Crippen LogP contribution in [0.15, 0.2) is 47.6 Å². The molecule has 2 aromatic carbocycles. The fourth-order valence-electron chi connectivity index (χ4n) is 3.39. The molecule has 0 radical (unpaired) electrons. The molecule has 1 heterocycles. The Bertz CT molecular complexity index is 1130. The van der Waals surface area contributed by atoms with E-state index in [4.69, 9.17) is 21.1 Å². The molecule has 0 bridgehead atoms. The molecule has 3 rings (SSSR count). The number of anilines is 1. The number of thioether (sulfide) groups is 1. The van der Waals surface area contributed by atoms with Gasteiger partial charge in [-0.25, -0.2) is 0 Å². The summed E-state index contributed by atoms with van der Waals surface area (Å²) in [7, 11) is 1.54. The van der Waals surface area contributed by atoms with Crippen LogP contribution in [-0.2, 0) is 16.8 Å². The molecule has 1 atom stereocenters. The summed E-state index contributed by atoms with van der Waals surface area (Å²) < 4.78 is 13.4. The van der Waals surface area contributed by atoms with Crippen molar-refractivity contribution < 1.29 is 14.3 Å². The summed E-state index contributed by atoms with van der Waals surface area (Å²) in [5, 5.41) is 12.6. The number of ether oxygens (including phenoxy) is 2. The molecular weight excluding hydrogens is 472 g/mol. The highest BCUT2D eigenvalue weighted by Gasteiger charge is 2.20. The molecule has 1 amide bonds. The van der Waals surface area contributed by atoms with Gasteiger partial charge < -0.3 is 19.4 Å². The number of nitrogens with zero attached hydrogens (tertiary/aromatic N) is 3. The van der Waals surface area contributed by atoms with Crippen LogP contribution in [-0.4, -0.2) is 33.5 Å². The Labute approximate surface area is 210 Å². The lowest BCUT2D eigenvalue weighted by molar-refractivity contribution is -0.113. The normalized spacial score (nSPS) is 12.3. The number of hydrogen-bond acceptors (Lipinski definition) is 6. The van der Waals surface area contributed by atoms with Gasteiger partial charge >= 0.3 is 0 Å². The van der Waals surface area contributed by atoms with Crippen molar-refractivity contribution in [2.45, 2.75) is 57.8 Å². The number of amides is 1. The number of halogens is 1. The fraction of sp³-hybridized carbons (Fsp3) is 0.400. The number of methoxy groups -OCH3 is 1. The molecular formula is C25H31ClN4O3S. The monoisotopic (exact) mass is 502 g/mol. The highest BCUT2D eigenvalue weighted by Crippen LogP contribution is 2.29. The van der Waals surface area contributed by atoms with Gasteiger partial charge in [0.05, 0.1) is 18.6 Å². The molecule has 1 unspecified atom stereocenters. The SMILES string of the molecule is CCn1c(SCC(=O)Nc2cc(Cl)ccc2OC)nnc1C(C)Oc1ccc(C(C)(C)C)cc1. The lowest BCUT2D eigenvalue weighted by atomic mass is 9.87. The van der Waals surface area contributed by atoms with E-state index in [1.54, 1.807) is 25.3 Å². The maximum atomic E-state index is 12.5. The second-order valence-electron chi connectivity index (χ2n) is 8.80. The van der Waals surface area contributed by atoms with Crippen molar-refractivity contribution in [2.24, 2.45) is 0 Å². The average Bonchev–Trinajstić information content (AvgIpc) is 3.21. The van der Waals surface area contributed by atoms with Crippen LogP contribution in [0.5, 0.6) is 11.5 Å². The number of carbonyl (C=O) groups is 1. The smallest absolute Gasteiger partial charge is 0.234 e. The maximum Gasteiger partial charge on any atom is 0.234 e. The Kier molecular flexibility index (Phi) is 8.49. The summed E-state index contributed by atoms with van der Waals surface area (Å²) in [6.45, 7) is 11.2. The van der Waals surface area contributed by atoms with Crippen molar-refractivity contribution in [3.63, 3.8) is 0 Å². The molecule has 0 aliphatic carbocycles. The van der Waals surface area contributed by atoms with Crippen LogP contribution >= 0.6 is 23.4 Å². The largest absolute Gasteiger partial charge is 0.495 e. The summed E-state index contributed by atoms with van der Waals surface area (Å²) in [4.78, 5) is 12.5. The second kappa shape index (κ2) is 11.1. The Morgan fingerprint density at radius 1 is 1.18 bits per heavy atom. The number of aromatic nitrogens is 3. The van der Waals surface area contributed by atoms with Gasteiger partial charge in [0.2, 0.25) is 5.91 Å². The molecule has 0 fully saturated rings. The molecule has 0 aliphatic rings. The first kappa shape index (κ1) is 25.9. The predicted molar refractivity (Wildman–Crippen MR) is 137 cm³/mol. The van der Waals surface area contributed by atoms with Crippen molar-refractivity contribution in [3.05, 3.63) is 58.9 Å². The maximum absolute atomic E-state index is 12.5. The van der Waals surface area contributed by atoms with Gasteiger partial charge in [0, 0.05) is 11.6 Å². The number of hydrogen-bond donors (Lipinski definition) is 1. The Morgan fingerprint density at radius 3 is 2.50 bits per heavy atom. The lowest BCUT2D eigenvalue weighted by Crippen LogP contribution is -2.16. The first-order valence-corrected chi connectivity index (χ1v) is 12.4. The predicted octanol–water partition coefficient (Wildman–Crippen LogP) is 6.13. The van der Waals surface area contributed by atoms with Gasteiger partial charge in [-0.15, -0.1) is 10.2 Å². The highest BCUT2D eigenvalue weighted by atomic mass is 35.5. The van der Waals surface area contributed by atoms with Crippen LogP contribution in [0.2, 0.25) is 5.02 Å². The van der Waals surface area contributed by atoms with Gasteiger partial charge in [-0.1, -0.05) is 56.3 Å². The summed E-state index contributed by atoms with van der Waals surface area (Å²) in [6.07, 6.45) is -0.299. The Morgan fingerprint density at radius 2 is 1.88 bits per heavy atom. The van der Waals surface area contributed by atoms with Crippen LogP contribution in [0.4, 0.5) is 5.69 Å². The molecule has 7 nitrogen and oxygen atoms in total. The third-order valence-corrected chi connectivity index (χ3v) is 6.43. The Hall–Kier alpha value is -2.71. The fourth-order valence-corrected chi connectivity index (χ4v) is 4.37. The van der Waals surface area contributed by atoms with E-state index in [2.05, 4.69) is 48.4 Å². The van der Waals surface area contributed by atoms with Gasteiger partial charge in [0.15, 0.2) is 17.1 Å². The zero-order chi connectivity index (χ0) is 24.9. The minimum atomic E-state index is -0.299. The topological polar surface area (TPSA) is 78.3 Å². The molecule has 1 aromatic heterocycles. The van der Waals surface area contributed by atoms with E-state index in [-0.39, 0.29) is 23.2 Å². The molecule has 0 spiro atoms. The molecule has 9 heteroatoms.